The van der Waals surface area contributed by atoms with Crippen LogP contribution in [0.4, 0.5) is 5.69 Å². The smallest absolute Gasteiger partial charge is 0.234 e. The van der Waals surface area contributed by atoms with E-state index in [0.29, 0.717) is 5.75 Å². The average molecular weight is 307 g/mol. The molecule has 1 amide bonds. The van der Waals surface area contributed by atoms with Crippen LogP contribution in [0.15, 0.2) is 28.0 Å². The number of nitrogens with zero attached hydrogens (tertiary/aromatic N) is 2. The van der Waals surface area contributed by atoms with Crippen LogP contribution >= 0.6 is 23.1 Å². The first-order chi connectivity index (χ1) is 9.74. The highest BCUT2D eigenvalue weighted by atomic mass is 32.2. The summed E-state index contributed by atoms with van der Waals surface area (Å²) in [6.07, 6.45) is 1.82. The van der Waals surface area contributed by atoms with Crippen LogP contribution in [-0.2, 0) is 17.6 Å². The first kappa shape index (κ1) is 15.0. The van der Waals surface area contributed by atoms with E-state index >= 15 is 0 Å². The molecule has 20 heavy (non-hydrogen) atoms. The van der Waals surface area contributed by atoms with Crippen molar-refractivity contribution in [1.29, 1.82) is 0 Å². The number of aromatic nitrogens is 2. The first-order valence-corrected chi connectivity index (χ1v) is 8.40. The van der Waals surface area contributed by atoms with Crippen LogP contribution in [0.2, 0.25) is 0 Å². The number of rotatable bonds is 6. The third kappa shape index (κ3) is 3.80. The molecule has 1 aromatic carbocycles. The predicted octanol–water partition coefficient (Wildman–Crippen LogP) is 3.39. The largest absolute Gasteiger partial charge is 0.325 e. The molecule has 0 fully saturated rings. The Labute approximate surface area is 127 Å². The van der Waals surface area contributed by atoms with Crippen molar-refractivity contribution < 1.29 is 4.79 Å². The van der Waals surface area contributed by atoms with Crippen molar-refractivity contribution in [2.75, 3.05) is 11.1 Å². The SMILES string of the molecule is CCc1cccc(CC)c1NC(=O)CSc1nncs1. The number of aryl methyl sites for hydroxylation is 2. The Kier molecular flexibility index (Phi) is 5.55. The number of carbonyl (C=O) groups is 1. The fourth-order valence-electron chi connectivity index (χ4n) is 1.93. The number of thioether (sulfide) groups is 1. The van der Waals surface area contributed by atoms with Gasteiger partial charge in [0, 0.05) is 5.69 Å². The van der Waals surface area contributed by atoms with Crippen LogP contribution in [0.25, 0.3) is 0 Å². The normalized spacial score (nSPS) is 10.5. The average Bonchev–Trinajstić information content (AvgIpc) is 2.98. The van der Waals surface area contributed by atoms with Crippen molar-refractivity contribution >= 4 is 34.7 Å². The molecule has 0 radical (unpaired) electrons. The van der Waals surface area contributed by atoms with Gasteiger partial charge in [0.05, 0.1) is 5.75 Å². The Morgan fingerprint density at radius 3 is 2.55 bits per heavy atom. The number of nitrogens with one attached hydrogen (secondary N) is 1. The van der Waals surface area contributed by atoms with Crippen LogP contribution in [0.1, 0.15) is 25.0 Å². The van der Waals surface area contributed by atoms with Gasteiger partial charge < -0.3 is 5.32 Å². The topological polar surface area (TPSA) is 54.9 Å². The van der Waals surface area contributed by atoms with Crippen LogP contribution in [0.3, 0.4) is 0 Å². The lowest BCUT2D eigenvalue weighted by atomic mass is 10.0. The Morgan fingerprint density at radius 1 is 1.30 bits per heavy atom. The molecule has 0 saturated carbocycles. The summed E-state index contributed by atoms with van der Waals surface area (Å²) in [5, 5.41) is 10.7. The molecule has 0 saturated heterocycles. The van der Waals surface area contributed by atoms with Gasteiger partial charge in [-0.15, -0.1) is 10.2 Å². The molecule has 0 aliphatic heterocycles. The van der Waals surface area contributed by atoms with Crippen molar-refractivity contribution in [3.63, 3.8) is 0 Å². The third-order valence-corrected chi connectivity index (χ3v) is 4.79. The summed E-state index contributed by atoms with van der Waals surface area (Å²) in [5.41, 5.74) is 5.00. The monoisotopic (exact) mass is 307 g/mol. The zero-order chi connectivity index (χ0) is 14.4. The van der Waals surface area contributed by atoms with Gasteiger partial charge in [-0.05, 0) is 24.0 Å². The highest BCUT2D eigenvalue weighted by Crippen LogP contribution is 2.24. The number of amides is 1. The molecule has 6 heteroatoms. The van der Waals surface area contributed by atoms with E-state index in [2.05, 4.69) is 41.5 Å². The van der Waals surface area contributed by atoms with E-state index in [9.17, 15) is 4.79 Å². The van der Waals surface area contributed by atoms with E-state index in [1.807, 2.05) is 6.07 Å². The second-order valence-corrected chi connectivity index (χ2v) is 6.26. The van der Waals surface area contributed by atoms with Gasteiger partial charge >= 0.3 is 0 Å². The maximum Gasteiger partial charge on any atom is 0.234 e. The number of hydrogen-bond donors (Lipinski definition) is 1. The van der Waals surface area contributed by atoms with Crippen LogP contribution in [0, 0.1) is 0 Å². The summed E-state index contributed by atoms with van der Waals surface area (Å²) in [4.78, 5) is 12.1. The molecule has 1 heterocycles. The lowest BCUT2D eigenvalue weighted by Gasteiger charge is -2.14. The van der Waals surface area contributed by atoms with Crippen molar-refractivity contribution in [2.24, 2.45) is 0 Å². The van der Waals surface area contributed by atoms with Gasteiger partial charge in [0.25, 0.3) is 0 Å². The highest BCUT2D eigenvalue weighted by molar-refractivity contribution is 8.01. The van der Waals surface area contributed by atoms with Gasteiger partial charge in [0.15, 0.2) is 4.34 Å². The van der Waals surface area contributed by atoms with E-state index in [0.717, 1.165) is 22.9 Å². The molecule has 1 aromatic heterocycles. The van der Waals surface area contributed by atoms with E-state index in [4.69, 9.17) is 0 Å². The van der Waals surface area contributed by atoms with Crippen molar-refractivity contribution in [3.05, 3.63) is 34.8 Å². The third-order valence-electron chi connectivity index (χ3n) is 2.93. The quantitative estimate of drug-likeness (QED) is 0.831. The molecular formula is C14H17N3OS2. The van der Waals surface area contributed by atoms with E-state index in [1.54, 1.807) is 5.51 Å². The molecule has 4 nitrogen and oxygen atoms in total. The molecule has 0 bridgehead atoms. The van der Waals surface area contributed by atoms with Crippen molar-refractivity contribution in [2.45, 2.75) is 31.0 Å². The van der Waals surface area contributed by atoms with E-state index in [-0.39, 0.29) is 5.91 Å². The van der Waals surface area contributed by atoms with Crippen LogP contribution in [-0.4, -0.2) is 21.9 Å². The van der Waals surface area contributed by atoms with Crippen LogP contribution < -0.4 is 5.32 Å². The molecule has 1 N–H and O–H groups in total. The van der Waals surface area contributed by atoms with E-state index < -0.39 is 0 Å². The van der Waals surface area contributed by atoms with Gasteiger partial charge in [-0.3, -0.25) is 4.79 Å². The van der Waals surface area contributed by atoms with E-state index in [1.165, 1.54) is 34.2 Å². The summed E-state index contributed by atoms with van der Waals surface area (Å²) in [7, 11) is 0. The van der Waals surface area contributed by atoms with Gasteiger partial charge in [0.2, 0.25) is 5.91 Å². The molecule has 0 unspecified atom stereocenters. The molecule has 106 valence electrons. The molecule has 0 aliphatic carbocycles. The Bertz CT molecular complexity index is 548. The summed E-state index contributed by atoms with van der Waals surface area (Å²) >= 11 is 2.86. The number of para-hydroxylation sites is 1. The first-order valence-electron chi connectivity index (χ1n) is 6.54. The predicted molar refractivity (Wildman–Crippen MR) is 84.5 cm³/mol. The molecular weight excluding hydrogens is 290 g/mol. The standard InChI is InChI=1S/C14H17N3OS2/c1-3-10-6-5-7-11(4-2)13(10)16-12(18)8-19-14-17-15-9-20-14/h5-7,9H,3-4,8H2,1-2H3,(H,16,18). The fourth-order valence-corrected chi connectivity index (χ4v) is 3.22. The van der Waals surface area contributed by atoms with Gasteiger partial charge in [-0.25, -0.2) is 0 Å². The summed E-state index contributed by atoms with van der Waals surface area (Å²) in [6.45, 7) is 4.20. The molecule has 0 aliphatic rings. The van der Waals surface area contributed by atoms with Crippen molar-refractivity contribution in [1.82, 2.24) is 10.2 Å². The highest BCUT2D eigenvalue weighted by Gasteiger charge is 2.11. The lowest BCUT2D eigenvalue weighted by Crippen LogP contribution is -2.16. The Hall–Kier alpha value is -1.40. The number of anilines is 1. The second kappa shape index (κ2) is 7.40. The molecule has 2 rings (SSSR count). The number of hydrogen-bond acceptors (Lipinski definition) is 5. The summed E-state index contributed by atoms with van der Waals surface area (Å²) < 4.78 is 0.819. The van der Waals surface area contributed by atoms with Crippen molar-refractivity contribution in [3.8, 4) is 0 Å². The zero-order valence-electron chi connectivity index (χ0n) is 11.5. The second-order valence-electron chi connectivity index (χ2n) is 4.20. The van der Waals surface area contributed by atoms with Crippen LogP contribution in [0.5, 0.6) is 0 Å². The molecule has 2 aromatic rings. The van der Waals surface area contributed by atoms with Gasteiger partial charge in [0.1, 0.15) is 5.51 Å². The number of carbonyl (C=O) groups excluding carboxylic acids is 1. The zero-order valence-corrected chi connectivity index (χ0v) is 13.2. The molecule has 0 spiro atoms. The lowest BCUT2D eigenvalue weighted by molar-refractivity contribution is -0.113. The fraction of sp³-hybridized carbons (Fsp3) is 0.357. The summed E-state index contributed by atoms with van der Waals surface area (Å²) in [5.74, 6) is 0.358. The maximum absolute atomic E-state index is 12.1. The van der Waals surface area contributed by atoms with Gasteiger partial charge in [-0.1, -0.05) is 55.1 Å². The molecule has 0 atom stereocenters. The van der Waals surface area contributed by atoms with Gasteiger partial charge in [-0.2, -0.15) is 0 Å². The Morgan fingerprint density at radius 2 is 2.00 bits per heavy atom. The minimum Gasteiger partial charge on any atom is -0.325 e. The Balaban J connectivity index is 2.03. The minimum atomic E-state index is 0.000741. The minimum absolute atomic E-state index is 0.000741. The number of benzene rings is 1. The summed E-state index contributed by atoms with van der Waals surface area (Å²) in [6, 6.07) is 6.17. The maximum atomic E-state index is 12.1.